The molecule has 0 radical (unpaired) electrons. The summed E-state index contributed by atoms with van der Waals surface area (Å²) < 4.78 is 2.02. The van der Waals surface area contributed by atoms with E-state index in [-0.39, 0.29) is 5.91 Å². The summed E-state index contributed by atoms with van der Waals surface area (Å²) >= 11 is 0. The van der Waals surface area contributed by atoms with Crippen LogP contribution in [0.25, 0.3) is 11.0 Å². The van der Waals surface area contributed by atoms with Gasteiger partial charge in [-0.2, -0.15) is 0 Å². The summed E-state index contributed by atoms with van der Waals surface area (Å²) in [7, 11) is 1.97. The summed E-state index contributed by atoms with van der Waals surface area (Å²) in [6, 6.07) is 5.89. The van der Waals surface area contributed by atoms with Crippen LogP contribution in [0.3, 0.4) is 0 Å². The number of carbonyl (C=O) groups is 1. The molecular weight excluding hydrogens is 242 g/mol. The normalized spacial score (nSPS) is 11.8. The van der Waals surface area contributed by atoms with Gasteiger partial charge >= 0.3 is 0 Å². The number of fused-ring (bicyclic) bond motifs is 1. The molecule has 0 unspecified atom stereocenters. The molecule has 19 heavy (non-hydrogen) atoms. The molecule has 0 spiro atoms. The van der Waals surface area contributed by atoms with Crippen LogP contribution in [0.2, 0.25) is 0 Å². The van der Waals surface area contributed by atoms with Gasteiger partial charge in [-0.15, -0.1) is 0 Å². The Balaban J connectivity index is 2.16. The largest absolute Gasteiger partial charge is 0.381 e. The maximum Gasteiger partial charge on any atom is 0.251 e. The summed E-state index contributed by atoms with van der Waals surface area (Å²) in [4.78, 5) is 16.0. The molecule has 0 aliphatic heterocycles. The van der Waals surface area contributed by atoms with Gasteiger partial charge in [0, 0.05) is 13.6 Å². The molecule has 0 saturated carbocycles. The quantitative estimate of drug-likeness (QED) is 0.874. The zero-order chi connectivity index (χ0) is 14.2. The SMILES string of the molecule is Cc1nc2cc(CNC(=O)C(C)(C)O)ccc2n1C. The number of hydrogen-bond acceptors (Lipinski definition) is 3. The van der Waals surface area contributed by atoms with Gasteiger partial charge in [-0.25, -0.2) is 4.98 Å². The monoisotopic (exact) mass is 261 g/mol. The second-order valence-electron chi connectivity index (χ2n) is 5.28. The zero-order valence-corrected chi connectivity index (χ0v) is 11.7. The number of nitrogens with one attached hydrogen (secondary N) is 1. The maximum atomic E-state index is 11.6. The summed E-state index contributed by atoms with van der Waals surface area (Å²) in [5.74, 6) is 0.567. The number of rotatable bonds is 3. The third kappa shape index (κ3) is 2.76. The number of benzene rings is 1. The highest BCUT2D eigenvalue weighted by molar-refractivity contribution is 5.84. The smallest absolute Gasteiger partial charge is 0.251 e. The van der Waals surface area contributed by atoms with Crippen LogP contribution >= 0.6 is 0 Å². The van der Waals surface area contributed by atoms with Crippen LogP contribution in [0.4, 0.5) is 0 Å². The van der Waals surface area contributed by atoms with E-state index in [0.717, 1.165) is 22.4 Å². The highest BCUT2D eigenvalue weighted by atomic mass is 16.3. The van der Waals surface area contributed by atoms with Crippen LogP contribution in [0.1, 0.15) is 25.2 Å². The Morgan fingerprint density at radius 2 is 2.16 bits per heavy atom. The fourth-order valence-electron chi connectivity index (χ4n) is 1.87. The fraction of sp³-hybridized carbons (Fsp3) is 0.429. The van der Waals surface area contributed by atoms with Gasteiger partial charge in [0.25, 0.3) is 5.91 Å². The van der Waals surface area contributed by atoms with E-state index in [1.807, 2.05) is 36.7 Å². The number of imidazole rings is 1. The van der Waals surface area contributed by atoms with Gasteiger partial charge in [-0.3, -0.25) is 4.79 Å². The van der Waals surface area contributed by atoms with Crippen molar-refractivity contribution in [1.29, 1.82) is 0 Å². The number of hydrogen-bond donors (Lipinski definition) is 2. The molecule has 0 atom stereocenters. The lowest BCUT2D eigenvalue weighted by Crippen LogP contribution is -2.41. The van der Waals surface area contributed by atoms with Crippen molar-refractivity contribution in [3.63, 3.8) is 0 Å². The second kappa shape index (κ2) is 4.66. The van der Waals surface area contributed by atoms with Gasteiger partial charge in [0.15, 0.2) is 0 Å². The lowest BCUT2D eigenvalue weighted by Gasteiger charge is -2.16. The van der Waals surface area contributed by atoms with Crippen molar-refractivity contribution < 1.29 is 9.90 Å². The number of aromatic nitrogens is 2. The van der Waals surface area contributed by atoms with Gasteiger partial charge in [-0.05, 0) is 38.5 Å². The molecule has 1 heterocycles. The number of carbonyl (C=O) groups excluding carboxylic acids is 1. The molecule has 0 saturated heterocycles. The van der Waals surface area contributed by atoms with Crippen LogP contribution < -0.4 is 5.32 Å². The first kappa shape index (κ1) is 13.5. The molecule has 1 aromatic carbocycles. The first-order chi connectivity index (χ1) is 8.79. The van der Waals surface area contributed by atoms with E-state index in [2.05, 4.69) is 10.3 Å². The van der Waals surface area contributed by atoms with E-state index in [9.17, 15) is 9.90 Å². The molecule has 2 N–H and O–H groups in total. The molecule has 5 heteroatoms. The Hall–Kier alpha value is -1.88. The average molecular weight is 261 g/mol. The van der Waals surface area contributed by atoms with E-state index < -0.39 is 5.60 Å². The number of nitrogens with zero attached hydrogens (tertiary/aromatic N) is 2. The fourth-order valence-corrected chi connectivity index (χ4v) is 1.87. The molecule has 2 rings (SSSR count). The Morgan fingerprint density at radius 1 is 1.47 bits per heavy atom. The third-order valence-corrected chi connectivity index (χ3v) is 3.18. The molecule has 0 aliphatic carbocycles. The van der Waals surface area contributed by atoms with Crippen molar-refractivity contribution >= 4 is 16.9 Å². The molecule has 2 aromatic rings. The van der Waals surface area contributed by atoms with Gasteiger partial charge in [0.05, 0.1) is 11.0 Å². The average Bonchev–Trinajstić information content (AvgIpc) is 2.60. The Kier molecular flexibility index (Phi) is 3.32. The molecule has 0 bridgehead atoms. The van der Waals surface area contributed by atoms with Gasteiger partial charge in [0.2, 0.25) is 0 Å². The lowest BCUT2D eigenvalue weighted by atomic mass is 10.1. The first-order valence-electron chi connectivity index (χ1n) is 6.21. The molecule has 0 fully saturated rings. The minimum Gasteiger partial charge on any atom is -0.381 e. The highest BCUT2D eigenvalue weighted by Crippen LogP contribution is 2.16. The van der Waals surface area contributed by atoms with Gasteiger partial charge < -0.3 is 15.0 Å². The van der Waals surface area contributed by atoms with Crippen LogP contribution in [0.5, 0.6) is 0 Å². The van der Waals surface area contributed by atoms with E-state index in [4.69, 9.17) is 0 Å². The predicted octanol–water partition coefficient (Wildman–Crippen LogP) is 1.27. The van der Waals surface area contributed by atoms with Crippen molar-refractivity contribution in [2.75, 3.05) is 0 Å². The van der Waals surface area contributed by atoms with Crippen molar-refractivity contribution in [1.82, 2.24) is 14.9 Å². The second-order valence-corrected chi connectivity index (χ2v) is 5.28. The standard InChI is InChI=1S/C14H19N3O2/c1-9-16-11-7-10(5-6-12(11)17(9)4)8-15-13(18)14(2,3)19/h5-7,19H,8H2,1-4H3,(H,15,18). The molecule has 1 aromatic heterocycles. The summed E-state index contributed by atoms with van der Waals surface area (Å²) in [6.45, 7) is 5.27. The van der Waals surface area contributed by atoms with Crippen molar-refractivity contribution in [3.8, 4) is 0 Å². The van der Waals surface area contributed by atoms with E-state index in [0.29, 0.717) is 6.54 Å². The van der Waals surface area contributed by atoms with E-state index in [1.54, 1.807) is 0 Å². The molecule has 5 nitrogen and oxygen atoms in total. The number of aryl methyl sites for hydroxylation is 2. The molecular formula is C14H19N3O2. The number of amides is 1. The Morgan fingerprint density at radius 3 is 2.79 bits per heavy atom. The summed E-state index contributed by atoms with van der Waals surface area (Å²) in [5, 5.41) is 12.2. The van der Waals surface area contributed by atoms with Crippen molar-refractivity contribution in [3.05, 3.63) is 29.6 Å². The molecule has 1 amide bonds. The minimum absolute atomic E-state index is 0.383. The van der Waals surface area contributed by atoms with Crippen LogP contribution in [0.15, 0.2) is 18.2 Å². The van der Waals surface area contributed by atoms with Crippen LogP contribution in [-0.4, -0.2) is 26.2 Å². The molecule has 102 valence electrons. The van der Waals surface area contributed by atoms with Crippen LogP contribution in [0, 0.1) is 6.92 Å². The zero-order valence-electron chi connectivity index (χ0n) is 11.7. The highest BCUT2D eigenvalue weighted by Gasteiger charge is 2.22. The third-order valence-electron chi connectivity index (χ3n) is 3.18. The summed E-state index contributed by atoms with van der Waals surface area (Å²) in [5.41, 5.74) is 1.58. The van der Waals surface area contributed by atoms with Gasteiger partial charge in [0.1, 0.15) is 11.4 Å². The lowest BCUT2D eigenvalue weighted by molar-refractivity contribution is -0.136. The number of aliphatic hydroxyl groups is 1. The van der Waals surface area contributed by atoms with Gasteiger partial charge in [-0.1, -0.05) is 6.07 Å². The van der Waals surface area contributed by atoms with Crippen LogP contribution in [-0.2, 0) is 18.4 Å². The molecule has 0 aliphatic rings. The summed E-state index contributed by atoms with van der Waals surface area (Å²) in [6.07, 6.45) is 0. The predicted molar refractivity (Wildman–Crippen MR) is 73.6 cm³/mol. The minimum atomic E-state index is -1.36. The first-order valence-corrected chi connectivity index (χ1v) is 6.21. The Bertz CT molecular complexity index is 623. The Labute approximate surface area is 112 Å². The van der Waals surface area contributed by atoms with Crippen molar-refractivity contribution in [2.45, 2.75) is 32.9 Å². The van der Waals surface area contributed by atoms with Crippen molar-refractivity contribution in [2.24, 2.45) is 7.05 Å². The maximum absolute atomic E-state index is 11.6. The topological polar surface area (TPSA) is 67.2 Å². The van der Waals surface area contributed by atoms with E-state index >= 15 is 0 Å². The van der Waals surface area contributed by atoms with E-state index in [1.165, 1.54) is 13.8 Å².